The Labute approximate surface area is 185 Å². The number of alkyl carbamates (subject to hydrolysis) is 1. The molecule has 0 saturated carbocycles. The maximum absolute atomic E-state index is 11.8. The maximum Gasteiger partial charge on any atom is 0.407 e. The first-order valence-electron chi connectivity index (χ1n) is 11.4. The van der Waals surface area contributed by atoms with Gasteiger partial charge in [-0.3, -0.25) is 4.79 Å². The molecule has 166 valence electrons. The van der Waals surface area contributed by atoms with Gasteiger partial charge in [0.15, 0.2) is 0 Å². The molecule has 3 N–H and O–H groups in total. The highest BCUT2D eigenvalue weighted by atomic mass is 16.5. The molecule has 1 atom stereocenters. The number of hydrogen-bond donors (Lipinski definition) is 2. The fraction of sp³-hybridized carbons (Fsp3) is 0.462. The Morgan fingerprint density at radius 2 is 1.68 bits per heavy atom. The van der Waals surface area contributed by atoms with Gasteiger partial charge in [-0.2, -0.15) is 0 Å². The van der Waals surface area contributed by atoms with Crippen LogP contribution in [-0.4, -0.2) is 18.5 Å². The van der Waals surface area contributed by atoms with E-state index in [2.05, 4.69) is 17.4 Å². The molecule has 5 heteroatoms. The molecule has 0 fully saturated rings. The normalized spacial score (nSPS) is 13.8. The Morgan fingerprint density at radius 3 is 2.39 bits per heavy atom. The number of primary amides is 1. The van der Waals surface area contributed by atoms with E-state index in [9.17, 15) is 9.59 Å². The molecule has 0 unspecified atom stereocenters. The average molecular weight is 423 g/mol. The summed E-state index contributed by atoms with van der Waals surface area (Å²) in [7, 11) is 0. The summed E-state index contributed by atoms with van der Waals surface area (Å²) in [5, 5.41) is 2.84. The highest BCUT2D eigenvalue weighted by Gasteiger charge is 2.19. The molecule has 5 nitrogen and oxygen atoms in total. The van der Waals surface area contributed by atoms with Crippen molar-refractivity contribution in [3.05, 3.63) is 70.3 Å². The fourth-order valence-electron chi connectivity index (χ4n) is 4.28. The van der Waals surface area contributed by atoms with Crippen molar-refractivity contribution in [3.8, 4) is 0 Å². The monoisotopic (exact) mass is 422 g/mol. The minimum atomic E-state index is -0.367. The van der Waals surface area contributed by atoms with Crippen LogP contribution < -0.4 is 11.1 Å². The lowest BCUT2D eigenvalue weighted by molar-refractivity contribution is -0.121. The van der Waals surface area contributed by atoms with Gasteiger partial charge in [-0.25, -0.2) is 4.79 Å². The van der Waals surface area contributed by atoms with Crippen molar-refractivity contribution in [1.29, 1.82) is 0 Å². The van der Waals surface area contributed by atoms with Gasteiger partial charge in [-0.05, 0) is 79.2 Å². The van der Waals surface area contributed by atoms with Crippen LogP contribution in [0.1, 0.15) is 60.4 Å². The molecule has 1 aliphatic carbocycles. The van der Waals surface area contributed by atoms with Gasteiger partial charge in [0, 0.05) is 12.5 Å². The van der Waals surface area contributed by atoms with Gasteiger partial charge in [0.1, 0.15) is 6.61 Å². The van der Waals surface area contributed by atoms with Crippen LogP contribution in [0.5, 0.6) is 0 Å². The van der Waals surface area contributed by atoms with Crippen LogP contribution in [0.25, 0.3) is 0 Å². The van der Waals surface area contributed by atoms with Gasteiger partial charge in [-0.15, -0.1) is 0 Å². The summed E-state index contributed by atoms with van der Waals surface area (Å²) in [6.07, 6.45) is 7.95. The van der Waals surface area contributed by atoms with Crippen LogP contribution >= 0.6 is 0 Å². The molecule has 2 aromatic rings. The first-order valence-corrected chi connectivity index (χ1v) is 11.4. The lowest BCUT2D eigenvalue weighted by Gasteiger charge is -2.24. The molecule has 31 heavy (non-hydrogen) atoms. The zero-order chi connectivity index (χ0) is 22.1. The number of hydrogen-bond acceptors (Lipinski definition) is 3. The summed E-state index contributed by atoms with van der Waals surface area (Å²) < 4.78 is 5.25. The zero-order valence-corrected chi connectivity index (χ0v) is 18.5. The molecule has 0 aliphatic heterocycles. The van der Waals surface area contributed by atoms with Crippen LogP contribution in [0.4, 0.5) is 4.79 Å². The Hall–Kier alpha value is -2.82. The van der Waals surface area contributed by atoms with E-state index in [0.717, 1.165) is 44.1 Å². The van der Waals surface area contributed by atoms with Crippen molar-refractivity contribution >= 4 is 12.0 Å². The molecule has 0 heterocycles. The van der Waals surface area contributed by atoms with Crippen molar-refractivity contribution in [1.82, 2.24) is 5.32 Å². The van der Waals surface area contributed by atoms with Crippen molar-refractivity contribution in [3.63, 3.8) is 0 Å². The number of aryl methyl sites for hydroxylation is 1. The first-order chi connectivity index (χ1) is 15.0. The first kappa shape index (κ1) is 22.9. The SMILES string of the molecule is C[C@@H](Cc1ccc(CCCCNC(=O)OCc2ccccc2)c2c1CCCC2)C(N)=O. The van der Waals surface area contributed by atoms with E-state index >= 15 is 0 Å². The van der Waals surface area contributed by atoms with Crippen LogP contribution in [-0.2, 0) is 41.8 Å². The van der Waals surface area contributed by atoms with Gasteiger partial charge in [-0.1, -0.05) is 49.4 Å². The highest BCUT2D eigenvalue weighted by Crippen LogP contribution is 2.30. The van der Waals surface area contributed by atoms with Crippen molar-refractivity contribution in [2.75, 3.05) is 6.54 Å². The topological polar surface area (TPSA) is 81.4 Å². The maximum atomic E-state index is 11.8. The summed E-state index contributed by atoms with van der Waals surface area (Å²) >= 11 is 0. The van der Waals surface area contributed by atoms with E-state index < -0.39 is 0 Å². The third-order valence-electron chi connectivity index (χ3n) is 6.10. The number of nitrogens with one attached hydrogen (secondary N) is 1. The van der Waals surface area contributed by atoms with E-state index in [0.29, 0.717) is 13.2 Å². The number of nitrogens with two attached hydrogens (primary N) is 1. The smallest absolute Gasteiger partial charge is 0.407 e. The van der Waals surface area contributed by atoms with E-state index in [4.69, 9.17) is 10.5 Å². The number of unbranched alkanes of at least 4 members (excludes halogenated alkanes) is 1. The minimum Gasteiger partial charge on any atom is -0.445 e. The molecule has 3 rings (SSSR count). The second kappa shape index (κ2) is 11.5. The molecule has 2 aromatic carbocycles. The number of rotatable bonds is 10. The van der Waals surface area contributed by atoms with Gasteiger partial charge in [0.2, 0.25) is 5.91 Å². The summed E-state index contributed by atoms with van der Waals surface area (Å²) in [6, 6.07) is 14.1. The molecule has 0 bridgehead atoms. The predicted molar refractivity (Wildman–Crippen MR) is 123 cm³/mol. The molecule has 0 radical (unpaired) electrons. The zero-order valence-electron chi connectivity index (χ0n) is 18.5. The number of carbonyl (C=O) groups excluding carboxylic acids is 2. The molecule has 1 aliphatic rings. The lowest BCUT2D eigenvalue weighted by atomic mass is 9.81. The summed E-state index contributed by atoms with van der Waals surface area (Å²) in [5.74, 6) is -0.368. The second-order valence-electron chi connectivity index (χ2n) is 8.50. The highest BCUT2D eigenvalue weighted by molar-refractivity contribution is 5.76. The molecule has 2 amide bonds. The molecule has 0 spiro atoms. The van der Waals surface area contributed by atoms with E-state index in [1.54, 1.807) is 0 Å². The average Bonchev–Trinajstić information content (AvgIpc) is 2.79. The van der Waals surface area contributed by atoms with Gasteiger partial charge in [0.25, 0.3) is 0 Å². The van der Waals surface area contributed by atoms with E-state index in [1.807, 2.05) is 37.3 Å². The standard InChI is InChI=1S/C26H34N2O3/c1-19(25(27)29)17-22-15-14-21(23-12-5-6-13-24(22)23)11-7-8-16-28-26(30)31-18-20-9-3-2-4-10-20/h2-4,9-10,14-15,19H,5-8,11-13,16-18H2,1H3,(H2,27,29)(H,28,30)/t19-/m0/s1. The molecule has 0 saturated heterocycles. The quantitative estimate of drug-likeness (QED) is 0.554. The van der Waals surface area contributed by atoms with Gasteiger partial charge in [0.05, 0.1) is 0 Å². The van der Waals surface area contributed by atoms with Crippen LogP contribution in [0.3, 0.4) is 0 Å². The number of ether oxygens (including phenoxy) is 1. The molecular formula is C26H34N2O3. The number of amides is 2. The van der Waals surface area contributed by atoms with Crippen molar-refractivity contribution in [2.24, 2.45) is 11.7 Å². The van der Waals surface area contributed by atoms with E-state index in [-0.39, 0.29) is 17.9 Å². The second-order valence-corrected chi connectivity index (χ2v) is 8.50. The van der Waals surface area contributed by atoms with Gasteiger partial charge >= 0.3 is 6.09 Å². The lowest BCUT2D eigenvalue weighted by Crippen LogP contribution is -2.25. The van der Waals surface area contributed by atoms with Crippen molar-refractivity contribution in [2.45, 2.75) is 64.9 Å². The number of carbonyl (C=O) groups is 2. The third kappa shape index (κ3) is 6.84. The Morgan fingerprint density at radius 1 is 1.00 bits per heavy atom. The molecular weight excluding hydrogens is 388 g/mol. The summed E-state index contributed by atoms with van der Waals surface area (Å²) in [6.45, 7) is 2.81. The largest absolute Gasteiger partial charge is 0.445 e. The van der Waals surface area contributed by atoms with Crippen LogP contribution in [0.2, 0.25) is 0 Å². The Bertz CT molecular complexity index is 880. The Kier molecular flexibility index (Phi) is 8.51. The minimum absolute atomic E-state index is 0.135. The van der Waals surface area contributed by atoms with E-state index in [1.165, 1.54) is 35.1 Å². The Balaban J connectivity index is 1.45. The summed E-state index contributed by atoms with van der Waals surface area (Å²) in [4.78, 5) is 23.3. The van der Waals surface area contributed by atoms with Crippen molar-refractivity contribution < 1.29 is 14.3 Å². The summed E-state index contributed by atoms with van der Waals surface area (Å²) in [5.41, 5.74) is 12.1. The fourth-order valence-corrected chi connectivity index (χ4v) is 4.28. The number of fused-ring (bicyclic) bond motifs is 1. The van der Waals surface area contributed by atoms with Crippen LogP contribution in [0, 0.1) is 5.92 Å². The third-order valence-corrected chi connectivity index (χ3v) is 6.10. The molecule has 0 aromatic heterocycles. The van der Waals surface area contributed by atoms with Gasteiger partial charge < -0.3 is 15.8 Å². The predicted octanol–water partition coefficient (Wildman–Crippen LogP) is 4.48. The number of benzene rings is 2. The van der Waals surface area contributed by atoms with Crippen LogP contribution in [0.15, 0.2) is 42.5 Å².